The molecular formula is C27H38N4O3. The maximum absolute atomic E-state index is 12.3. The number of hydrogen-bond acceptors (Lipinski definition) is 6. The van der Waals surface area contributed by atoms with E-state index in [1.54, 1.807) is 0 Å². The highest BCUT2D eigenvalue weighted by Crippen LogP contribution is 2.32. The lowest BCUT2D eigenvalue weighted by Gasteiger charge is -2.30. The summed E-state index contributed by atoms with van der Waals surface area (Å²) < 4.78 is 11.5. The summed E-state index contributed by atoms with van der Waals surface area (Å²) in [6.07, 6.45) is 9.38. The monoisotopic (exact) mass is 466 g/mol. The molecule has 34 heavy (non-hydrogen) atoms. The fourth-order valence-corrected chi connectivity index (χ4v) is 4.74. The highest BCUT2D eigenvalue weighted by atomic mass is 16.5. The number of nitrogens with zero attached hydrogens (tertiary/aromatic N) is 3. The molecule has 2 fully saturated rings. The maximum atomic E-state index is 12.3. The number of allylic oxidation sites excluding steroid dienone is 2. The van der Waals surface area contributed by atoms with E-state index in [0.717, 1.165) is 76.2 Å². The number of anilines is 1. The first-order valence-electron chi connectivity index (χ1n) is 12.9. The summed E-state index contributed by atoms with van der Waals surface area (Å²) in [5.41, 5.74) is 2.58. The van der Waals surface area contributed by atoms with Crippen molar-refractivity contribution in [1.29, 1.82) is 0 Å². The van der Waals surface area contributed by atoms with Gasteiger partial charge in [0.05, 0.1) is 6.61 Å². The van der Waals surface area contributed by atoms with Crippen LogP contribution < -0.4 is 15.0 Å². The van der Waals surface area contributed by atoms with Gasteiger partial charge in [0, 0.05) is 32.4 Å². The van der Waals surface area contributed by atoms with Crippen molar-refractivity contribution < 1.29 is 15.5 Å². The van der Waals surface area contributed by atoms with E-state index in [0.29, 0.717) is 18.0 Å². The van der Waals surface area contributed by atoms with E-state index in [1.807, 2.05) is 0 Å². The van der Waals surface area contributed by atoms with Crippen LogP contribution in [0, 0.1) is 11.8 Å². The number of piperidine rings is 1. The molecule has 1 unspecified atom stereocenters. The van der Waals surface area contributed by atoms with Crippen LogP contribution in [0.4, 0.5) is 6.01 Å². The quantitative estimate of drug-likeness (QED) is 0.576. The molecule has 2 aromatic rings. The van der Waals surface area contributed by atoms with Crippen molar-refractivity contribution in [2.75, 3.05) is 24.6 Å². The molecular weight excluding hydrogens is 428 g/mol. The zero-order valence-corrected chi connectivity index (χ0v) is 20.3. The third kappa shape index (κ3) is 5.62. The first-order chi connectivity index (χ1) is 16.5. The summed E-state index contributed by atoms with van der Waals surface area (Å²) in [5, 5.41) is 7.22. The molecule has 3 aliphatic rings. The molecule has 1 aromatic heterocycles. The molecule has 7 nitrogen and oxygen atoms in total. The number of amides is 1. The summed E-state index contributed by atoms with van der Waals surface area (Å²) >= 11 is 0. The normalized spacial score (nSPS) is 21.4. The molecule has 1 atom stereocenters. The van der Waals surface area contributed by atoms with Gasteiger partial charge in [0.2, 0.25) is 5.91 Å². The number of hydrogen-bond donors (Lipinski definition) is 1. The van der Waals surface area contributed by atoms with Gasteiger partial charge in [-0.15, -0.1) is 0 Å². The molecule has 184 valence electrons. The number of nitrogens with one attached hydrogen (secondary N) is 1. The van der Waals surface area contributed by atoms with E-state index in [4.69, 9.17) is 9.26 Å². The van der Waals surface area contributed by atoms with Crippen LogP contribution in [0.2, 0.25) is 0 Å². The predicted molar refractivity (Wildman–Crippen MR) is 134 cm³/mol. The standard InChI is InChI=1S/C27H36N4O3.H2/c1-18(2)25-29-27(34-30-25)31-15-13-19(14-16-31)17-33-24-11-7-21(8-12-24)20-3-5-22(6-4-20)26(32)28-23-9-10-23;/h3,7-8,11-12,18-19,22-23H,4-6,9-10,13-17H2,1-2H3,(H,28,32);1H. The van der Waals surface area contributed by atoms with Crippen LogP contribution in [0.5, 0.6) is 5.75 Å². The van der Waals surface area contributed by atoms with E-state index < -0.39 is 0 Å². The first kappa shape index (κ1) is 22.9. The van der Waals surface area contributed by atoms with Crippen molar-refractivity contribution in [2.24, 2.45) is 11.8 Å². The molecule has 1 saturated heterocycles. The lowest BCUT2D eigenvalue weighted by molar-refractivity contribution is -0.125. The van der Waals surface area contributed by atoms with Crippen LogP contribution >= 0.6 is 0 Å². The van der Waals surface area contributed by atoms with Crippen molar-refractivity contribution in [3.8, 4) is 5.75 Å². The van der Waals surface area contributed by atoms with Gasteiger partial charge in [0.1, 0.15) is 5.75 Å². The van der Waals surface area contributed by atoms with Crippen molar-refractivity contribution in [3.05, 3.63) is 41.7 Å². The number of rotatable bonds is 8. The Balaban J connectivity index is 0.00000289. The van der Waals surface area contributed by atoms with Crippen LogP contribution in [-0.4, -0.2) is 41.8 Å². The van der Waals surface area contributed by atoms with Gasteiger partial charge in [-0.2, -0.15) is 4.98 Å². The molecule has 1 aliphatic heterocycles. The Morgan fingerprint density at radius 1 is 1.18 bits per heavy atom. The molecule has 2 heterocycles. The van der Waals surface area contributed by atoms with Gasteiger partial charge in [-0.3, -0.25) is 4.79 Å². The fraction of sp³-hybridized carbons (Fsp3) is 0.593. The lowest BCUT2D eigenvalue weighted by atomic mass is 9.86. The van der Waals surface area contributed by atoms with E-state index in [1.165, 1.54) is 11.1 Å². The third-order valence-electron chi connectivity index (χ3n) is 7.25. The SMILES string of the molecule is CC(C)c1noc(N2CCC(COc3ccc(C4=CCC(C(=O)NC5CC5)CC4)cc3)CC2)n1.[HH]. The Morgan fingerprint density at radius 3 is 2.56 bits per heavy atom. The number of carbonyl (C=O) groups excluding carboxylic acids is 1. The van der Waals surface area contributed by atoms with Crippen molar-refractivity contribution >= 4 is 17.5 Å². The summed E-state index contributed by atoms with van der Waals surface area (Å²) in [6.45, 7) is 6.71. The van der Waals surface area contributed by atoms with Crippen molar-refractivity contribution in [1.82, 2.24) is 15.5 Å². The summed E-state index contributed by atoms with van der Waals surface area (Å²) in [4.78, 5) is 19.0. The van der Waals surface area contributed by atoms with Crippen LogP contribution in [-0.2, 0) is 4.79 Å². The average molecular weight is 467 g/mol. The second kappa shape index (κ2) is 10.2. The molecule has 1 aromatic carbocycles. The summed E-state index contributed by atoms with van der Waals surface area (Å²) in [6, 6.07) is 9.53. The summed E-state index contributed by atoms with van der Waals surface area (Å²) in [7, 11) is 0. The third-order valence-corrected chi connectivity index (χ3v) is 7.25. The van der Waals surface area contributed by atoms with Crippen LogP contribution in [0.15, 0.2) is 34.9 Å². The minimum Gasteiger partial charge on any atom is -0.493 e. The van der Waals surface area contributed by atoms with Crippen LogP contribution in [0.1, 0.15) is 77.5 Å². The lowest BCUT2D eigenvalue weighted by Crippen LogP contribution is -2.35. The molecule has 1 N–H and O–H groups in total. The van der Waals surface area contributed by atoms with E-state index in [-0.39, 0.29) is 19.2 Å². The molecule has 0 bridgehead atoms. The van der Waals surface area contributed by atoms with Gasteiger partial charge >= 0.3 is 6.01 Å². The Morgan fingerprint density at radius 2 is 1.94 bits per heavy atom. The Hall–Kier alpha value is -2.83. The molecule has 1 amide bonds. The van der Waals surface area contributed by atoms with Crippen LogP contribution in [0.3, 0.4) is 0 Å². The zero-order chi connectivity index (χ0) is 23.5. The largest absolute Gasteiger partial charge is 0.493 e. The van der Waals surface area contributed by atoms with E-state index in [9.17, 15) is 4.79 Å². The first-order valence-corrected chi connectivity index (χ1v) is 12.9. The minimum absolute atomic E-state index is 0. The van der Waals surface area contributed by atoms with Crippen molar-refractivity contribution in [3.63, 3.8) is 0 Å². The van der Waals surface area contributed by atoms with Gasteiger partial charge in [0.25, 0.3) is 0 Å². The molecule has 1 saturated carbocycles. The van der Waals surface area contributed by atoms with Gasteiger partial charge in [0.15, 0.2) is 5.82 Å². The Bertz CT molecular complexity index is 1010. The Kier molecular flexibility index (Phi) is 6.88. The zero-order valence-electron chi connectivity index (χ0n) is 20.3. The van der Waals surface area contributed by atoms with Gasteiger partial charge < -0.3 is 19.5 Å². The highest BCUT2D eigenvalue weighted by molar-refractivity contribution is 5.81. The molecule has 0 radical (unpaired) electrons. The molecule has 0 spiro atoms. The van der Waals surface area contributed by atoms with Gasteiger partial charge in [-0.25, -0.2) is 0 Å². The second-order valence-electron chi connectivity index (χ2n) is 10.3. The maximum Gasteiger partial charge on any atom is 0.324 e. The average Bonchev–Trinajstić information content (AvgIpc) is 3.54. The molecule has 5 rings (SSSR count). The van der Waals surface area contributed by atoms with Gasteiger partial charge in [-0.1, -0.05) is 37.2 Å². The Labute approximate surface area is 203 Å². The minimum atomic E-state index is 0. The van der Waals surface area contributed by atoms with Crippen molar-refractivity contribution in [2.45, 2.75) is 70.8 Å². The van der Waals surface area contributed by atoms with E-state index in [2.05, 4.69) is 64.5 Å². The number of ether oxygens (including phenoxy) is 1. The number of aromatic nitrogens is 2. The van der Waals surface area contributed by atoms with Gasteiger partial charge in [-0.05, 0) is 74.1 Å². The summed E-state index contributed by atoms with van der Waals surface area (Å²) in [5.74, 6) is 2.87. The van der Waals surface area contributed by atoms with Crippen LogP contribution in [0.25, 0.3) is 5.57 Å². The fourth-order valence-electron chi connectivity index (χ4n) is 4.74. The highest BCUT2D eigenvalue weighted by Gasteiger charge is 2.28. The topological polar surface area (TPSA) is 80.5 Å². The second-order valence-corrected chi connectivity index (χ2v) is 10.3. The van der Waals surface area contributed by atoms with E-state index >= 15 is 0 Å². The predicted octanol–water partition coefficient (Wildman–Crippen LogP) is 5.20. The smallest absolute Gasteiger partial charge is 0.324 e. The number of carbonyl (C=O) groups is 1. The molecule has 2 aliphatic carbocycles. The molecule has 7 heteroatoms. The number of benzene rings is 1.